The van der Waals surface area contributed by atoms with Crippen LogP contribution in [-0.2, 0) is 0 Å². The van der Waals surface area contributed by atoms with Crippen molar-refractivity contribution in [3.8, 4) is 0 Å². The van der Waals surface area contributed by atoms with Crippen molar-refractivity contribution in [2.75, 3.05) is 30.4 Å². The molecule has 16 heavy (non-hydrogen) atoms. The Hall–Kier alpha value is -1.29. The first-order chi connectivity index (χ1) is 7.70. The van der Waals surface area contributed by atoms with Gasteiger partial charge in [-0.1, -0.05) is 6.92 Å². The molecular formula is C12H20N4. The Morgan fingerprint density at radius 3 is 3.00 bits per heavy atom. The minimum absolute atomic E-state index is 0.279. The van der Waals surface area contributed by atoms with E-state index in [1.54, 1.807) is 0 Å². The number of aromatic nitrogens is 1. The molecule has 0 bridgehead atoms. The topological polar surface area (TPSA) is 54.2 Å². The molecule has 2 rings (SSSR count). The number of pyridine rings is 1. The van der Waals surface area contributed by atoms with Gasteiger partial charge in [-0.25, -0.2) is 0 Å². The standard InChI is InChI=1S/C12H20N4/c1-9-5-10(13)8-16(7-9)12-3-4-15-6-11(12)14-2/h3-4,6,9-10,14H,5,7-8,13H2,1-2H3. The lowest BCUT2D eigenvalue weighted by molar-refractivity contribution is 0.402. The minimum Gasteiger partial charge on any atom is -0.385 e. The maximum Gasteiger partial charge on any atom is 0.0761 e. The monoisotopic (exact) mass is 220 g/mol. The molecule has 1 aromatic heterocycles. The summed E-state index contributed by atoms with van der Waals surface area (Å²) in [4.78, 5) is 6.48. The third kappa shape index (κ3) is 2.27. The number of piperidine rings is 1. The summed E-state index contributed by atoms with van der Waals surface area (Å²) in [6.45, 7) is 4.27. The molecular weight excluding hydrogens is 200 g/mol. The zero-order chi connectivity index (χ0) is 11.5. The van der Waals surface area contributed by atoms with E-state index in [0.29, 0.717) is 5.92 Å². The third-order valence-electron chi connectivity index (χ3n) is 3.10. The van der Waals surface area contributed by atoms with Crippen LogP contribution in [0.2, 0.25) is 0 Å². The number of nitrogens with zero attached hydrogens (tertiary/aromatic N) is 2. The van der Waals surface area contributed by atoms with E-state index in [1.807, 2.05) is 19.4 Å². The van der Waals surface area contributed by atoms with Gasteiger partial charge in [0.15, 0.2) is 0 Å². The van der Waals surface area contributed by atoms with Gasteiger partial charge in [-0.2, -0.15) is 0 Å². The fourth-order valence-corrected chi connectivity index (χ4v) is 2.45. The molecule has 1 aromatic rings. The lowest BCUT2D eigenvalue weighted by atomic mass is 9.96. The molecule has 1 fully saturated rings. The van der Waals surface area contributed by atoms with Crippen molar-refractivity contribution in [3.63, 3.8) is 0 Å². The molecule has 1 saturated heterocycles. The summed E-state index contributed by atoms with van der Waals surface area (Å²) in [5.74, 6) is 0.654. The molecule has 0 aromatic carbocycles. The van der Waals surface area contributed by atoms with Crippen LogP contribution >= 0.6 is 0 Å². The average Bonchev–Trinajstić information content (AvgIpc) is 2.27. The van der Waals surface area contributed by atoms with E-state index >= 15 is 0 Å². The molecule has 88 valence electrons. The molecule has 2 atom stereocenters. The molecule has 0 spiro atoms. The highest BCUT2D eigenvalue weighted by Gasteiger charge is 2.23. The van der Waals surface area contributed by atoms with E-state index in [0.717, 1.165) is 25.2 Å². The minimum atomic E-state index is 0.279. The number of nitrogens with two attached hydrogens (primary N) is 1. The van der Waals surface area contributed by atoms with Crippen molar-refractivity contribution in [3.05, 3.63) is 18.5 Å². The fourth-order valence-electron chi connectivity index (χ4n) is 2.45. The molecule has 4 heteroatoms. The van der Waals surface area contributed by atoms with Gasteiger partial charge in [0.25, 0.3) is 0 Å². The fraction of sp³-hybridized carbons (Fsp3) is 0.583. The summed E-state index contributed by atoms with van der Waals surface area (Å²) in [6, 6.07) is 2.33. The molecule has 2 unspecified atom stereocenters. The van der Waals surface area contributed by atoms with Gasteiger partial charge in [-0.3, -0.25) is 4.98 Å². The van der Waals surface area contributed by atoms with E-state index in [9.17, 15) is 0 Å². The zero-order valence-electron chi connectivity index (χ0n) is 9.98. The molecule has 0 amide bonds. The van der Waals surface area contributed by atoms with Crippen LogP contribution < -0.4 is 16.0 Å². The van der Waals surface area contributed by atoms with Crippen LogP contribution in [0, 0.1) is 5.92 Å². The van der Waals surface area contributed by atoms with E-state index in [4.69, 9.17) is 5.73 Å². The summed E-state index contributed by atoms with van der Waals surface area (Å²) in [5, 5.41) is 3.18. The van der Waals surface area contributed by atoms with Crippen molar-refractivity contribution >= 4 is 11.4 Å². The van der Waals surface area contributed by atoms with Gasteiger partial charge in [0.05, 0.1) is 17.6 Å². The van der Waals surface area contributed by atoms with Crippen molar-refractivity contribution in [2.24, 2.45) is 11.7 Å². The van der Waals surface area contributed by atoms with Gasteiger partial charge in [-0.05, 0) is 18.4 Å². The van der Waals surface area contributed by atoms with Crippen LogP contribution in [0.15, 0.2) is 18.5 Å². The summed E-state index contributed by atoms with van der Waals surface area (Å²) >= 11 is 0. The van der Waals surface area contributed by atoms with E-state index in [2.05, 4.69) is 28.2 Å². The Morgan fingerprint density at radius 1 is 1.50 bits per heavy atom. The Labute approximate surface area is 96.8 Å². The predicted octanol–water partition coefficient (Wildman–Crippen LogP) is 1.30. The molecule has 2 heterocycles. The first-order valence-electron chi connectivity index (χ1n) is 5.83. The van der Waals surface area contributed by atoms with Crippen molar-refractivity contribution < 1.29 is 0 Å². The molecule has 3 N–H and O–H groups in total. The van der Waals surface area contributed by atoms with Crippen molar-refractivity contribution in [1.29, 1.82) is 0 Å². The molecule has 0 aliphatic carbocycles. The normalized spacial score (nSPS) is 25.6. The summed E-state index contributed by atoms with van der Waals surface area (Å²) in [6.07, 6.45) is 4.82. The highest BCUT2D eigenvalue weighted by molar-refractivity contribution is 5.68. The van der Waals surface area contributed by atoms with Gasteiger partial charge in [0, 0.05) is 32.4 Å². The van der Waals surface area contributed by atoms with Gasteiger partial charge in [0.2, 0.25) is 0 Å². The second-order valence-electron chi connectivity index (χ2n) is 4.65. The van der Waals surface area contributed by atoms with E-state index < -0.39 is 0 Å². The number of hydrogen-bond acceptors (Lipinski definition) is 4. The number of anilines is 2. The van der Waals surface area contributed by atoms with Crippen LogP contribution in [0.4, 0.5) is 11.4 Å². The van der Waals surface area contributed by atoms with Crippen LogP contribution in [-0.4, -0.2) is 31.2 Å². The first-order valence-corrected chi connectivity index (χ1v) is 5.83. The number of rotatable bonds is 2. The van der Waals surface area contributed by atoms with Gasteiger partial charge >= 0.3 is 0 Å². The van der Waals surface area contributed by atoms with Crippen LogP contribution in [0.25, 0.3) is 0 Å². The Morgan fingerprint density at radius 2 is 2.31 bits per heavy atom. The highest BCUT2D eigenvalue weighted by Crippen LogP contribution is 2.28. The van der Waals surface area contributed by atoms with E-state index in [1.165, 1.54) is 5.69 Å². The summed E-state index contributed by atoms with van der Waals surface area (Å²) < 4.78 is 0. The molecule has 4 nitrogen and oxygen atoms in total. The highest BCUT2D eigenvalue weighted by atomic mass is 15.2. The third-order valence-corrected chi connectivity index (χ3v) is 3.10. The molecule has 0 radical (unpaired) electrons. The number of nitrogens with one attached hydrogen (secondary N) is 1. The van der Waals surface area contributed by atoms with Crippen LogP contribution in [0.3, 0.4) is 0 Å². The Bertz CT molecular complexity index is 343. The first kappa shape index (κ1) is 11.2. The maximum absolute atomic E-state index is 6.07. The van der Waals surface area contributed by atoms with Crippen molar-refractivity contribution in [2.45, 2.75) is 19.4 Å². The van der Waals surface area contributed by atoms with Crippen LogP contribution in [0.1, 0.15) is 13.3 Å². The Kier molecular flexibility index (Phi) is 3.29. The maximum atomic E-state index is 6.07. The second-order valence-corrected chi connectivity index (χ2v) is 4.65. The zero-order valence-corrected chi connectivity index (χ0v) is 9.98. The summed E-state index contributed by atoms with van der Waals surface area (Å²) in [5.41, 5.74) is 8.35. The Balaban J connectivity index is 2.22. The quantitative estimate of drug-likeness (QED) is 0.788. The van der Waals surface area contributed by atoms with E-state index in [-0.39, 0.29) is 6.04 Å². The molecule has 0 saturated carbocycles. The van der Waals surface area contributed by atoms with Gasteiger partial charge in [-0.15, -0.1) is 0 Å². The lowest BCUT2D eigenvalue weighted by Crippen LogP contribution is -2.46. The predicted molar refractivity (Wildman–Crippen MR) is 67.8 cm³/mol. The van der Waals surface area contributed by atoms with Crippen LogP contribution in [0.5, 0.6) is 0 Å². The smallest absolute Gasteiger partial charge is 0.0761 e. The van der Waals surface area contributed by atoms with Crippen molar-refractivity contribution in [1.82, 2.24) is 4.98 Å². The van der Waals surface area contributed by atoms with Gasteiger partial charge < -0.3 is 16.0 Å². The largest absolute Gasteiger partial charge is 0.385 e. The SMILES string of the molecule is CNc1cnccc1N1CC(C)CC(N)C1. The lowest BCUT2D eigenvalue weighted by Gasteiger charge is -2.37. The average molecular weight is 220 g/mol. The van der Waals surface area contributed by atoms with Gasteiger partial charge in [0.1, 0.15) is 0 Å². The molecule has 1 aliphatic heterocycles. The summed E-state index contributed by atoms with van der Waals surface area (Å²) in [7, 11) is 1.92. The molecule has 1 aliphatic rings. The second kappa shape index (κ2) is 4.70. The number of hydrogen-bond donors (Lipinski definition) is 2.